The lowest BCUT2D eigenvalue weighted by atomic mass is 9.80. The van der Waals surface area contributed by atoms with Gasteiger partial charge in [0.15, 0.2) is 0 Å². The van der Waals surface area contributed by atoms with Crippen LogP contribution >= 0.6 is 0 Å². The van der Waals surface area contributed by atoms with Gasteiger partial charge in [-0.1, -0.05) is 74.5 Å². The minimum atomic E-state index is -3.95. The van der Waals surface area contributed by atoms with Crippen LogP contribution in [0.1, 0.15) is 38.3 Å². The minimum absolute atomic E-state index is 0.119. The number of rotatable bonds is 9. The predicted octanol–water partition coefficient (Wildman–Crippen LogP) is 5.05. The lowest BCUT2D eigenvalue weighted by Gasteiger charge is -2.25. The molecule has 3 aromatic rings. The molecule has 0 saturated carbocycles. The first kappa shape index (κ1) is 25.2. The third-order valence-electron chi connectivity index (χ3n) is 5.53. The van der Waals surface area contributed by atoms with Crippen molar-refractivity contribution in [3.63, 3.8) is 0 Å². The van der Waals surface area contributed by atoms with E-state index >= 15 is 0 Å². The molecule has 7 heteroatoms. The first-order valence-electron chi connectivity index (χ1n) is 11.1. The number of sulfonamides is 1. The van der Waals surface area contributed by atoms with Crippen molar-refractivity contribution in [2.75, 3.05) is 10.8 Å². The lowest BCUT2D eigenvalue weighted by molar-refractivity contribution is -0.119. The molecule has 0 spiro atoms. The first-order chi connectivity index (χ1) is 16.1. The predicted molar refractivity (Wildman–Crippen MR) is 137 cm³/mol. The number of amides is 1. The van der Waals surface area contributed by atoms with Crippen LogP contribution in [0.15, 0.2) is 94.9 Å². The van der Waals surface area contributed by atoms with E-state index in [9.17, 15) is 13.2 Å². The molecular weight excluding hydrogens is 446 g/mol. The number of hydrazone groups is 1. The number of benzene rings is 3. The molecule has 1 amide bonds. The third kappa shape index (κ3) is 6.32. The maximum atomic E-state index is 13.4. The number of hydrogen-bond acceptors (Lipinski definition) is 4. The molecule has 34 heavy (non-hydrogen) atoms. The zero-order chi connectivity index (χ0) is 24.8. The molecular formula is C27H31N3O3S. The van der Waals surface area contributed by atoms with Gasteiger partial charge in [0, 0.05) is 5.71 Å². The molecule has 3 aromatic carbocycles. The normalized spacial score (nSPS) is 12.3. The van der Waals surface area contributed by atoms with Gasteiger partial charge in [-0.05, 0) is 61.1 Å². The Balaban J connectivity index is 1.78. The number of anilines is 1. The molecule has 3 rings (SSSR count). The summed E-state index contributed by atoms with van der Waals surface area (Å²) in [5.74, 6) is -0.516. The van der Waals surface area contributed by atoms with Crippen molar-refractivity contribution in [2.24, 2.45) is 5.10 Å². The van der Waals surface area contributed by atoms with Crippen LogP contribution in [0.4, 0.5) is 5.69 Å². The maximum Gasteiger partial charge on any atom is 0.264 e. The molecule has 0 atom stereocenters. The molecule has 6 nitrogen and oxygen atoms in total. The van der Waals surface area contributed by atoms with E-state index in [-0.39, 0.29) is 16.9 Å². The van der Waals surface area contributed by atoms with E-state index in [2.05, 4.69) is 36.5 Å². The van der Waals surface area contributed by atoms with Crippen LogP contribution in [0.5, 0.6) is 0 Å². The second-order valence-corrected chi connectivity index (χ2v) is 10.8. The van der Waals surface area contributed by atoms with E-state index in [1.807, 2.05) is 38.1 Å². The van der Waals surface area contributed by atoms with Gasteiger partial charge in [0.2, 0.25) is 0 Å². The number of aryl methyl sites for hydroxylation is 1. The van der Waals surface area contributed by atoms with Crippen molar-refractivity contribution in [1.29, 1.82) is 0 Å². The number of nitrogens with one attached hydrogen (secondary N) is 1. The number of hydrogen-bond donors (Lipinski definition) is 1. The first-order valence-corrected chi connectivity index (χ1v) is 12.6. The lowest BCUT2D eigenvalue weighted by Crippen LogP contribution is -2.39. The van der Waals surface area contributed by atoms with Gasteiger partial charge in [0.25, 0.3) is 15.9 Å². The highest BCUT2D eigenvalue weighted by Gasteiger charge is 2.27. The summed E-state index contributed by atoms with van der Waals surface area (Å²) < 4.78 is 27.9. The van der Waals surface area contributed by atoms with Crippen LogP contribution in [0.2, 0.25) is 0 Å². The van der Waals surface area contributed by atoms with Crippen LogP contribution in [-0.2, 0) is 20.2 Å². The van der Waals surface area contributed by atoms with Crippen molar-refractivity contribution in [1.82, 2.24) is 5.43 Å². The van der Waals surface area contributed by atoms with Gasteiger partial charge in [0.05, 0.1) is 10.6 Å². The van der Waals surface area contributed by atoms with Gasteiger partial charge in [-0.15, -0.1) is 0 Å². The molecule has 0 heterocycles. The van der Waals surface area contributed by atoms with Crippen LogP contribution in [-0.4, -0.2) is 26.6 Å². The molecule has 0 fully saturated rings. The van der Waals surface area contributed by atoms with Gasteiger partial charge < -0.3 is 0 Å². The Morgan fingerprint density at radius 1 is 0.941 bits per heavy atom. The molecule has 0 aliphatic heterocycles. The van der Waals surface area contributed by atoms with Crippen molar-refractivity contribution in [3.8, 4) is 0 Å². The highest BCUT2D eigenvalue weighted by Crippen LogP contribution is 2.27. The topological polar surface area (TPSA) is 78.8 Å². The SMILES string of the molecule is C/C(CC(C)(C)c1ccccc1)=N/NC(=O)CN(c1cccc(C)c1)S(=O)(=O)c1ccccc1. The van der Waals surface area contributed by atoms with Gasteiger partial charge in [-0.3, -0.25) is 9.10 Å². The van der Waals surface area contributed by atoms with E-state index < -0.39 is 15.9 Å². The molecule has 178 valence electrons. The summed E-state index contributed by atoms with van der Waals surface area (Å²) in [7, 11) is -3.95. The molecule has 0 aliphatic rings. The number of carbonyl (C=O) groups is 1. The van der Waals surface area contributed by atoms with E-state index in [4.69, 9.17) is 0 Å². The molecule has 0 aliphatic carbocycles. The van der Waals surface area contributed by atoms with E-state index in [1.165, 1.54) is 17.7 Å². The van der Waals surface area contributed by atoms with Crippen LogP contribution in [0.25, 0.3) is 0 Å². The average Bonchev–Trinajstić information content (AvgIpc) is 2.82. The summed E-state index contributed by atoms with van der Waals surface area (Å²) in [4.78, 5) is 12.9. The largest absolute Gasteiger partial charge is 0.271 e. The van der Waals surface area contributed by atoms with Crippen molar-refractivity contribution < 1.29 is 13.2 Å². The van der Waals surface area contributed by atoms with Gasteiger partial charge in [-0.2, -0.15) is 5.10 Å². The van der Waals surface area contributed by atoms with Gasteiger partial charge >= 0.3 is 0 Å². The molecule has 0 radical (unpaired) electrons. The molecule has 0 unspecified atom stereocenters. The summed E-state index contributed by atoms with van der Waals surface area (Å²) in [6, 6.07) is 25.3. The molecule has 0 aromatic heterocycles. The van der Waals surface area contributed by atoms with Crippen molar-refractivity contribution in [3.05, 3.63) is 96.1 Å². The smallest absolute Gasteiger partial charge is 0.264 e. The number of carbonyl (C=O) groups excluding carboxylic acids is 1. The summed E-state index contributed by atoms with van der Waals surface area (Å²) >= 11 is 0. The summed E-state index contributed by atoms with van der Waals surface area (Å²) in [6.45, 7) is 7.58. The minimum Gasteiger partial charge on any atom is -0.271 e. The second-order valence-electron chi connectivity index (χ2n) is 8.97. The zero-order valence-corrected chi connectivity index (χ0v) is 20.8. The summed E-state index contributed by atoms with van der Waals surface area (Å²) in [5, 5.41) is 4.25. The fourth-order valence-electron chi connectivity index (χ4n) is 3.81. The fraction of sp³-hybridized carbons (Fsp3) is 0.259. The van der Waals surface area contributed by atoms with Crippen molar-refractivity contribution in [2.45, 2.75) is 44.4 Å². The molecule has 1 N–H and O–H groups in total. The third-order valence-corrected chi connectivity index (χ3v) is 7.32. The van der Waals surface area contributed by atoms with E-state index in [0.29, 0.717) is 12.1 Å². The summed E-state index contributed by atoms with van der Waals surface area (Å²) in [6.07, 6.45) is 0.640. The van der Waals surface area contributed by atoms with E-state index in [1.54, 1.807) is 36.4 Å². The van der Waals surface area contributed by atoms with Crippen LogP contribution in [0, 0.1) is 6.92 Å². The Hall–Kier alpha value is -3.45. The Morgan fingerprint density at radius 3 is 2.18 bits per heavy atom. The number of nitrogens with zero attached hydrogens (tertiary/aromatic N) is 2. The Bertz CT molecular complexity index is 1250. The van der Waals surface area contributed by atoms with Crippen LogP contribution in [0.3, 0.4) is 0 Å². The van der Waals surface area contributed by atoms with Gasteiger partial charge in [0.1, 0.15) is 6.54 Å². The molecule has 0 saturated heterocycles. The van der Waals surface area contributed by atoms with Crippen LogP contribution < -0.4 is 9.73 Å². The highest BCUT2D eigenvalue weighted by atomic mass is 32.2. The standard InChI is InChI=1S/C27H31N3O3S/c1-21-12-11-15-24(18-21)30(34(32,33)25-16-9-6-10-17-25)20-26(31)29-28-22(2)19-27(3,4)23-13-7-5-8-14-23/h5-18H,19-20H2,1-4H3,(H,29,31)/b28-22-. The average molecular weight is 478 g/mol. The summed E-state index contributed by atoms with van der Waals surface area (Å²) in [5.41, 5.74) is 5.61. The Morgan fingerprint density at radius 2 is 1.56 bits per heavy atom. The second kappa shape index (κ2) is 10.7. The highest BCUT2D eigenvalue weighted by molar-refractivity contribution is 7.92. The Kier molecular flexibility index (Phi) is 7.89. The van der Waals surface area contributed by atoms with Crippen molar-refractivity contribution >= 4 is 27.3 Å². The quantitative estimate of drug-likeness (QED) is 0.346. The Labute approximate surface area is 202 Å². The van der Waals surface area contributed by atoms with Gasteiger partial charge in [-0.25, -0.2) is 13.8 Å². The van der Waals surface area contributed by atoms with E-state index in [0.717, 1.165) is 15.6 Å². The zero-order valence-electron chi connectivity index (χ0n) is 20.0. The monoisotopic (exact) mass is 477 g/mol. The fourth-order valence-corrected chi connectivity index (χ4v) is 5.25. The molecule has 0 bridgehead atoms. The maximum absolute atomic E-state index is 13.4.